The molecule has 6 atom stereocenters. The van der Waals surface area contributed by atoms with Crippen molar-refractivity contribution in [2.24, 2.45) is 29.6 Å². The molecule has 0 radical (unpaired) electrons. The van der Waals surface area contributed by atoms with Crippen LogP contribution in [0.15, 0.2) is 48.5 Å². The van der Waals surface area contributed by atoms with E-state index < -0.39 is 0 Å². The van der Waals surface area contributed by atoms with Gasteiger partial charge in [-0.3, -0.25) is 0 Å². The van der Waals surface area contributed by atoms with Crippen LogP contribution in [0, 0.1) is 29.6 Å². The van der Waals surface area contributed by atoms with Crippen molar-refractivity contribution in [1.82, 2.24) is 0 Å². The molecule has 0 aromatic heterocycles. The number of hydrogen-bond donors (Lipinski definition) is 1. The Morgan fingerprint density at radius 1 is 1.00 bits per heavy atom. The van der Waals surface area contributed by atoms with Crippen LogP contribution >= 0.6 is 0 Å². The Bertz CT molecular complexity index is 840. The van der Waals surface area contributed by atoms with Crippen LogP contribution in [0.4, 0.5) is 0 Å². The molecule has 1 nitrogen and oxygen atoms in total. The monoisotopic (exact) mass is 344 g/mol. The standard InChI is InChI=1S/C25H28O/c26-19-10-9-17-13-20-23-14-18(12-16-6-2-1-3-7-16)24(20)21-8-4-5-11-25(21,23)22(17)15-19/h1-3,6-7,9-10,15,18,20-21,23-24,26H,4-5,8,11-14H2/t18?,20?,21-,23?,24+,25?/m1/s1. The average Bonchev–Trinajstić information content (AvgIpc) is 3.11. The predicted molar refractivity (Wildman–Crippen MR) is 104 cm³/mol. The van der Waals surface area contributed by atoms with Gasteiger partial charge in [-0.2, -0.15) is 0 Å². The van der Waals surface area contributed by atoms with E-state index in [-0.39, 0.29) is 0 Å². The second-order valence-corrected chi connectivity index (χ2v) is 9.47. The van der Waals surface area contributed by atoms with E-state index in [1.807, 2.05) is 6.07 Å². The number of rotatable bonds is 2. The largest absolute Gasteiger partial charge is 0.508 e. The van der Waals surface area contributed by atoms with E-state index in [2.05, 4.69) is 42.5 Å². The lowest BCUT2D eigenvalue weighted by atomic mass is 9.53. The molecule has 0 amide bonds. The fraction of sp³-hybridized carbons (Fsp3) is 0.520. The molecule has 0 heterocycles. The fourth-order valence-corrected chi connectivity index (χ4v) is 8.09. The lowest BCUT2D eigenvalue weighted by molar-refractivity contribution is 0.0760. The molecule has 4 aliphatic carbocycles. The van der Waals surface area contributed by atoms with Gasteiger partial charge in [-0.05, 0) is 90.5 Å². The second-order valence-electron chi connectivity index (χ2n) is 9.47. The van der Waals surface area contributed by atoms with E-state index in [1.54, 1.807) is 11.1 Å². The minimum atomic E-state index is 0.396. The second kappa shape index (κ2) is 5.38. The lowest BCUT2D eigenvalue weighted by Gasteiger charge is -2.51. The summed E-state index contributed by atoms with van der Waals surface area (Å²) in [6.45, 7) is 0. The molecule has 26 heavy (non-hydrogen) atoms. The third-order valence-electron chi connectivity index (χ3n) is 8.65. The summed E-state index contributed by atoms with van der Waals surface area (Å²) in [7, 11) is 0. The Morgan fingerprint density at radius 2 is 1.88 bits per heavy atom. The lowest BCUT2D eigenvalue weighted by Crippen LogP contribution is -2.46. The Balaban J connectivity index is 1.43. The molecule has 0 saturated heterocycles. The van der Waals surface area contributed by atoms with Gasteiger partial charge in [0, 0.05) is 5.41 Å². The molecule has 2 aromatic rings. The molecular weight excluding hydrogens is 316 g/mol. The van der Waals surface area contributed by atoms with Crippen molar-refractivity contribution in [3.05, 3.63) is 65.2 Å². The Labute approximate surface area is 156 Å². The number of phenolic OH excluding ortho intramolecular Hbond substituents is 1. The number of phenols is 1. The number of benzene rings is 2. The van der Waals surface area contributed by atoms with Crippen LogP contribution in [-0.2, 0) is 18.3 Å². The van der Waals surface area contributed by atoms with Gasteiger partial charge in [-0.15, -0.1) is 0 Å². The SMILES string of the molecule is Oc1ccc2c(c1)C13CCCC[C@@H]1[C@H]1C(Cc4ccccc4)CC3C1C2. The first kappa shape index (κ1) is 15.3. The number of aromatic hydroxyl groups is 1. The summed E-state index contributed by atoms with van der Waals surface area (Å²) in [5.74, 6) is 4.85. The van der Waals surface area contributed by atoms with Crippen LogP contribution in [-0.4, -0.2) is 5.11 Å². The maximum absolute atomic E-state index is 10.2. The highest BCUT2D eigenvalue weighted by Crippen LogP contribution is 2.72. The molecule has 4 bridgehead atoms. The zero-order chi connectivity index (χ0) is 17.3. The molecule has 3 saturated carbocycles. The molecule has 1 heteroatoms. The van der Waals surface area contributed by atoms with Crippen molar-refractivity contribution >= 4 is 0 Å². The maximum atomic E-state index is 10.2. The first-order chi connectivity index (χ1) is 12.8. The van der Waals surface area contributed by atoms with Crippen LogP contribution in [0.1, 0.15) is 48.8 Å². The zero-order valence-electron chi connectivity index (χ0n) is 15.4. The van der Waals surface area contributed by atoms with Gasteiger partial charge in [0.1, 0.15) is 5.75 Å². The zero-order valence-corrected chi connectivity index (χ0v) is 15.4. The quantitative estimate of drug-likeness (QED) is 0.762. The van der Waals surface area contributed by atoms with Gasteiger partial charge in [0.15, 0.2) is 0 Å². The van der Waals surface area contributed by atoms with Crippen molar-refractivity contribution < 1.29 is 5.11 Å². The molecule has 134 valence electrons. The fourth-order valence-electron chi connectivity index (χ4n) is 8.09. The summed E-state index contributed by atoms with van der Waals surface area (Å²) in [5, 5.41) is 10.2. The summed E-state index contributed by atoms with van der Waals surface area (Å²) >= 11 is 0. The predicted octanol–water partition coefficient (Wildman–Crippen LogP) is 5.50. The van der Waals surface area contributed by atoms with E-state index >= 15 is 0 Å². The van der Waals surface area contributed by atoms with E-state index in [0.29, 0.717) is 11.2 Å². The molecule has 6 rings (SSSR count). The highest BCUT2D eigenvalue weighted by molar-refractivity contribution is 5.47. The third-order valence-corrected chi connectivity index (χ3v) is 8.65. The smallest absolute Gasteiger partial charge is 0.115 e. The molecule has 2 aromatic carbocycles. The van der Waals surface area contributed by atoms with E-state index in [0.717, 1.165) is 29.6 Å². The maximum Gasteiger partial charge on any atom is 0.115 e. The van der Waals surface area contributed by atoms with E-state index in [9.17, 15) is 5.11 Å². The van der Waals surface area contributed by atoms with Crippen molar-refractivity contribution in [3.8, 4) is 5.75 Å². The van der Waals surface area contributed by atoms with E-state index in [4.69, 9.17) is 0 Å². The van der Waals surface area contributed by atoms with Gasteiger partial charge < -0.3 is 5.11 Å². The Kier molecular flexibility index (Phi) is 3.17. The molecular formula is C25H28O. The van der Waals surface area contributed by atoms with Crippen LogP contribution in [0.3, 0.4) is 0 Å². The minimum Gasteiger partial charge on any atom is -0.508 e. The normalized spacial score (nSPS) is 39.5. The molecule has 1 spiro atoms. The van der Waals surface area contributed by atoms with Crippen LogP contribution < -0.4 is 0 Å². The van der Waals surface area contributed by atoms with Gasteiger partial charge >= 0.3 is 0 Å². The minimum absolute atomic E-state index is 0.396. The topological polar surface area (TPSA) is 20.2 Å². The molecule has 3 fully saturated rings. The van der Waals surface area contributed by atoms with Crippen molar-refractivity contribution in [1.29, 1.82) is 0 Å². The summed E-state index contributed by atoms with van der Waals surface area (Å²) in [6, 6.07) is 17.5. The van der Waals surface area contributed by atoms with Gasteiger partial charge in [0.2, 0.25) is 0 Å². The van der Waals surface area contributed by atoms with Crippen LogP contribution in [0.5, 0.6) is 5.75 Å². The highest BCUT2D eigenvalue weighted by atomic mass is 16.3. The summed E-state index contributed by atoms with van der Waals surface area (Å²) in [4.78, 5) is 0. The van der Waals surface area contributed by atoms with Crippen molar-refractivity contribution in [3.63, 3.8) is 0 Å². The van der Waals surface area contributed by atoms with Gasteiger partial charge in [0.05, 0.1) is 0 Å². The summed E-state index contributed by atoms with van der Waals surface area (Å²) in [6.07, 6.45) is 9.51. The van der Waals surface area contributed by atoms with Crippen LogP contribution in [0.2, 0.25) is 0 Å². The highest BCUT2D eigenvalue weighted by Gasteiger charge is 2.68. The average molecular weight is 344 g/mol. The molecule has 4 unspecified atom stereocenters. The van der Waals surface area contributed by atoms with Crippen LogP contribution in [0.25, 0.3) is 0 Å². The first-order valence-electron chi connectivity index (χ1n) is 10.6. The summed E-state index contributed by atoms with van der Waals surface area (Å²) in [5.41, 5.74) is 5.02. The molecule has 0 aliphatic heterocycles. The van der Waals surface area contributed by atoms with Gasteiger partial charge in [-0.25, -0.2) is 0 Å². The Morgan fingerprint density at radius 3 is 2.77 bits per heavy atom. The van der Waals surface area contributed by atoms with Gasteiger partial charge in [0.25, 0.3) is 0 Å². The third kappa shape index (κ3) is 1.87. The number of fused-ring (bicyclic) bond motifs is 2. The first-order valence-corrected chi connectivity index (χ1v) is 10.6. The molecule has 1 N–H and O–H groups in total. The summed E-state index contributed by atoms with van der Waals surface area (Å²) < 4.78 is 0. The number of hydrogen-bond acceptors (Lipinski definition) is 1. The molecule has 4 aliphatic rings. The van der Waals surface area contributed by atoms with Gasteiger partial charge in [-0.1, -0.05) is 49.2 Å². The van der Waals surface area contributed by atoms with Crippen molar-refractivity contribution in [2.75, 3.05) is 0 Å². The Hall–Kier alpha value is -1.76. The van der Waals surface area contributed by atoms with Crippen molar-refractivity contribution in [2.45, 2.75) is 50.4 Å². The van der Waals surface area contributed by atoms with E-state index in [1.165, 1.54) is 50.5 Å².